The molecule has 2 heterocycles. The summed E-state index contributed by atoms with van der Waals surface area (Å²) in [6, 6.07) is 4.12. The van der Waals surface area contributed by atoms with E-state index in [1.54, 1.807) is 25.4 Å². The lowest BCUT2D eigenvalue weighted by atomic mass is 9.88. The van der Waals surface area contributed by atoms with Gasteiger partial charge < -0.3 is 19.5 Å². The maximum absolute atomic E-state index is 13.6. The molecule has 2 saturated carbocycles. The topological polar surface area (TPSA) is 93.4 Å². The van der Waals surface area contributed by atoms with E-state index in [0.29, 0.717) is 48.3 Å². The van der Waals surface area contributed by atoms with Crippen LogP contribution in [-0.4, -0.2) is 58.3 Å². The van der Waals surface area contributed by atoms with E-state index in [2.05, 4.69) is 25.3 Å². The molecule has 0 aliphatic heterocycles. The van der Waals surface area contributed by atoms with Gasteiger partial charge in [-0.15, -0.1) is 0 Å². The van der Waals surface area contributed by atoms with Gasteiger partial charge in [0.05, 0.1) is 6.61 Å². The molecule has 8 heteroatoms. The van der Waals surface area contributed by atoms with Gasteiger partial charge in [-0.1, -0.05) is 43.7 Å². The number of carbonyl (C=O) groups is 1. The first-order chi connectivity index (χ1) is 15.3. The summed E-state index contributed by atoms with van der Waals surface area (Å²) in [5, 5.41) is 7.25. The number of rotatable bonds is 8. The molecule has 168 valence electrons. The SMILES string of the molecule is COCCNc1nccc(-c2cc(C(=O)N(C3CCCCC3)C3CCCCC3)no2)n1. The van der Waals surface area contributed by atoms with Crippen LogP contribution in [-0.2, 0) is 4.74 Å². The Labute approximate surface area is 183 Å². The number of aromatic nitrogens is 3. The van der Waals surface area contributed by atoms with Gasteiger partial charge in [0.15, 0.2) is 11.5 Å². The van der Waals surface area contributed by atoms with Gasteiger partial charge in [0.25, 0.3) is 5.91 Å². The Kier molecular flexibility index (Phi) is 7.51. The maximum Gasteiger partial charge on any atom is 0.276 e. The highest BCUT2D eigenvalue weighted by molar-refractivity contribution is 5.93. The van der Waals surface area contributed by atoms with E-state index in [4.69, 9.17) is 9.26 Å². The van der Waals surface area contributed by atoms with E-state index in [-0.39, 0.29) is 5.91 Å². The van der Waals surface area contributed by atoms with Gasteiger partial charge >= 0.3 is 0 Å². The molecular formula is C23H33N5O3. The van der Waals surface area contributed by atoms with Crippen LogP contribution in [0.1, 0.15) is 74.7 Å². The molecule has 0 radical (unpaired) electrons. The number of carbonyl (C=O) groups excluding carboxylic acids is 1. The summed E-state index contributed by atoms with van der Waals surface area (Å²) < 4.78 is 10.6. The molecular weight excluding hydrogens is 394 g/mol. The average Bonchev–Trinajstić information content (AvgIpc) is 3.32. The maximum atomic E-state index is 13.6. The zero-order chi connectivity index (χ0) is 21.5. The fourth-order valence-corrected chi connectivity index (χ4v) is 4.82. The molecule has 2 fully saturated rings. The van der Waals surface area contributed by atoms with Crippen LogP contribution in [0.4, 0.5) is 5.95 Å². The fourth-order valence-electron chi connectivity index (χ4n) is 4.82. The number of nitrogens with zero attached hydrogens (tertiary/aromatic N) is 4. The van der Waals surface area contributed by atoms with E-state index in [9.17, 15) is 4.79 Å². The highest BCUT2D eigenvalue weighted by Crippen LogP contribution is 2.32. The van der Waals surface area contributed by atoms with E-state index in [1.165, 1.54) is 38.5 Å². The van der Waals surface area contributed by atoms with Gasteiger partial charge in [-0.05, 0) is 31.7 Å². The summed E-state index contributed by atoms with van der Waals surface area (Å²) in [6.45, 7) is 1.17. The number of anilines is 1. The van der Waals surface area contributed by atoms with Gasteiger partial charge in [0.2, 0.25) is 5.95 Å². The van der Waals surface area contributed by atoms with E-state index < -0.39 is 0 Å². The summed E-state index contributed by atoms with van der Waals surface area (Å²) in [5.74, 6) is 0.971. The van der Waals surface area contributed by atoms with Crippen molar-refractivity contribution in [3.8, 4) is 11.5 Å². The summed E-state index contributed by atoms with van der Waals surface area (Å²) in [6.07, 6.45) is 13.4. The Morgan fingerprint density at radius 2 is 1.81 bits per heavy atom. The summed E-state index contributed by atoms with van der Waals surface area (Å²) in [7, 11) is 1.65. The number of hydrogen-bond donors (Lipinski definition) is 1. The van der Waals surface area contributed by atoms with E-state index >= 15 is 0 Å². The molecule has 0 spiro atoms. The molecule has 0 aromatic carbocycles. The van der Waals surface area contributed by atoms with Crippen molar-refractivity contribution in [1.29, 1.82) is 0 Å². The van der Waals surface area contributed by atoms with Crippen molar-refractivity contribution in [3.63, 3.8) is 0 Å². The van der Waals surface area contributed by atoms with Crippen molar-refractivity contribution in [1.82, 2.24) is 20.0 Å². The van der Waals surface area contributed by atoms with Gasteiger partial charge in [-0.25, -0.2) is 9.97 Å². The number of methoxy groups -OCH3 is 1. The van der Waals surface area contributed by atoms with Crippen LogP contribution in [0.25, 0.3) is 11.5 Å². The van der Waals surface area contributed by atoms with E-state index in [1.807, 2.05) is 0 Å². The Bertz CT molecular complexity index is 825. The lowest BCUT2D eigenvalue weighted by Gasteiger charge is -2.41. The van der Waals surface area contributed by atoms with Gasteiger partial charge in [-0.3, -0.25) is 4.79 Å². The predicted octanol–water partition coefficient (Wildman–Crippen LogP) is 4.30. The zero-order valence-electron chi connectivity index (χ0n) is 18.4. The first kappa shape index (κ1) is 21.7. The first-order valence-corrected chi connectivity index (χ1v) is 11.6. The molecule has 2 aromatic rings. The molecule has 1 N–H and O–H groups in total. The Hall–Kier alpha value is -2.48. The third-order valence-corrected chi connectivity index (χ3v) is 6.40. The Morgan fingerprint density at radius 3 is 2.45 bits per heavy atom. The highest BCUT2D eigenvalue weighted by atomic mass is 16.5. The second-order valence-electron chi connectivity index (χ2n) is 8.56. The molecule has 31 heavy (non-hydrogen) atoms. The number of hydrogen-bond acceptors (Lipinski definition) is 7. The van der Waals surface area contributed by atoms with E-state index in [0.717, 1.165) is 25.7 Å². The minimum atomic E-state index is 0.00120. The normalized spacial score (nSPS) is 18.1. The van der Waals surface area contributed by atoms with Crippen molar-refractivity contribution in [2.75, 3.05) is 25.6 Å². The monoisotopic (exact) mass is 427 g/mol. The van der Waals surface area contributed by atoms with Crippen LogP contribution in [0, 0.1) is 0 Å². The first-order valence-electron chi connectivity index (χ1n) is 11.6. The number of ether oxygens (including phenoxy) is 1. The van der Waals surface area contributed by atoms with Crippen LogP contribution in [0.5, 0.6) is 0 Å². The lowest BCUT2D eigenvalue weighted by molar-refractivity contribution is 0.0438. The lowest BCUT2D eigenvalue weighted by Crippen LogP contribution is -2.48. The van der Waals surface area contributed by atoms with Crippen molar-refractivity contribution in [3.05, 3.63) is 24.0 Å². The van der Waals surface area contributed by atoms with Gasteiger partial charge in [-0.2, -0.15) is 0 Å². The summed E-state index contributed by atoms with van der Waals surface area (Å²) >= 11 is 0. The highest BCUT2D eigenvalue weighted by Gasteiger charge is 2.34. The molecule has 0 saturated heterocycles. The average molecular weight is 428 g/mol. The molecule has 1 amide bonds. The predicted molar refractivity (Wildman–Crippen MR) is 118 cm³/mol. The van der Waals surface area contributed by atoms with Crippen LogP contribution >= 0.6 is 0 Å². The molecule has 0 bridgehead atoms. The Balaban J connectivity index is 1.52. The molecule has 0 atom stereocenters. The quantitative estimate of drug-likeness (QED) is 0.628. The zero-order valence-corrected chi connectivity index (χ0v) is 18.4. The van der Waals surface area contributed by atoms with Gasteiger partial charge in [0, 0.05) is 38.0 Å². The van der Waals surface area contributed by atoms with Crippen molar-refractivity contribution in [2.24, 2.45) is 0 Å². The minimum absolute atomic E-state index is 0.00120. The van der Waals surface area contributed by atoms with Crippen molar-refractivity contribution >= 4 is 11.9 Å². The minimum Gasteiger partial charge on any atom is -0.383 e. The fraction of sp³-hybridized carbons (Fsp3) is 0.652. The van der Waals surface area contributed by atoms with Crippen LogP contribution in [0.15, 0.2) is 22.9 Å². The van der Waals surface area contributed by atoms with Crippen LogP contribution < -0.4 is 5.32 Å². The van der Waals surface area contributed by atoms with Crippen molar-refractivity contribution < 1.29 is 14.1 Å². The molecule has 2 aromatic heterocycles. The Morgan fingerprint density at radius 1 is 1.13 bits per heavy atom. The van der Waals surface area contributed by atoms with Crippen molar-refractivity contribution in [2.45, 2.75) is 76.3 Å². The molecule has 2 aliphatic rings. The third kappa shape index (κ3) is 5.42. The largest absolute Gasteiger partial charge is 0.383 e. The van der Waals surface area contributed by atoms with Gasteiger partial charge in [0.1, 0.15) is 5.69 Å². The van der Waals surface area contributed by atoms with Crippen LogP contribution in [0.2, 0.25) is 0 Å². The standard InChI is InChI=1S/C23H33N5O3/c1-30-15-14-25-23-24-13-12-19(26-23)21-16-20(27-31-21)22(29)28(17-8-4-2-5-9-17)18-10-6-3-7-11-18/h12-13,16-18H,2-11,14-15H2,1H3,(H,24,25,26). The molecule has 4 rings (SSSR count). The summed E-state index contributed by atoms with van der Waals surface area (Å²) in [4.78, 5) is 24.4. The molecule has 2 aliphatic carbocycles. The second kappa shape index (κ2) is 10.7. The summed E-state index contributed by atoms with van der Waals surface area (Å²) in [5.41, 5.74) is 0.974. The number of amides is 1. The van der Waals surface area contributed by atoms with Crippen LogP contribution in [0.3, 0.4) is 0 Å². The third-order valence-electron chi connectivity index (χ3n) is 6.40. The molecule has 8 nitrogen and oxygen atoms in total. The second-order valence-corrected chi connectivity index (χ2v) is 8.56. The molecule has 0 unspecified atom stereocenters. The number of nitrogens with one attached hydrogen (secondary N) is 1. The smallest absolute Gasteiger partial charge is 0.276 e.